The predicted octanol–water partition coefficient (Wildman–Crippen LogP) is 14.8. The van der Waals surface area contributed by atoms with E-state index in [0.29, 0.717) is 0 Å². The van der Waals surface area contributed by atoms with Gasteiger partial charge in [0, 0.05) is 34.3 Å². The number of benzene rings is 9. The first-order valence-corrected chi connectivity index (χ1v) is 18.4. The SMILES string of the molecule is c1ccc(-c2ccc(N(c3ccc(-c4ccccc4)cc3)c3ccc4c(c3)Oc3cc5ccccc5cc3-c3ccc(-c5ccccc5)cc3-4)cc2)cc1. The third kappa shape index (κ3) is 5.81. The summed E-state index contributed by atoms with van der Waals surface area (Å²) in [5.74, 6) is 1.67. The molecule has 0 aliphatic carbocycles. The lowest BCUT2D eigenvalue weighted by Gasteiger charge is -2.27. The highest BCUT2D eigenvalue weighted by molar-refractivity contribution is 5.99. The summed E-state index contributed by atoms with van der Waals surface area (Å²) in [7, 11) is 0. The number of hydrogen-bond acceptors (Lipinski definition) is 2. The first-order valence-electron chi connectivity index (χ1n) is 18.4. The molecule has 0 saturated heterocycles. The molecule has 0 unspecified atom stereocenters. The van der Waals surface area contributed by atoms with Crippen LogP contribution in [0.4, 0.5) is 17.1 Å². The number of fused-ring (bicyclic) bond motifs is 6. The van der Waals surface area contributed by atoms with Gasteiger partial charge in [-0.05, 0) is 110 Å². The zero-order valence-corrected chi connectivity index (χ0v) is 29.6. The van der Waals surface area contributed by atoms with E-state index in [9.17, 15) is 0 Å². The molecule has 2 nitrogen and oxygen atoms in total. The fourth-order valence-corrected chi connectivity index (χ4v) is 7.72. The molecule has 254 valence electrons. The number of ether oxygens (including phenoxy) is 1. The van der Waals surface area contributed by atoms with Gasteiger partial charge in [-0.25, -0.2) is 0 Å². The van der Waals surface area contributed by atoms with E-state index in [1.807, 2.05) is 0 Å². The Hall–Kier alpha value is -7.16. The molecule has 54 heavy (non-hydrogen) atoms. The van der Waals surface area contributed by atoms with Gasteiger partial charge in [0.25, 0.3) is 0 Å². The monoisotopic (exact) mass is 689 g/mol. The maximum atomic E-state index is 7.03. The maximum absolute atomic E-state index is 7.03. The van der Waals surface area contributed by atoms with Crippen molar-refractivity contribution in [3.8, 4) is 67.1 Å². The minimum Gasteiger partial charge on any atom is -0.456 e. The van der Waals surface area contributed by atoms with Gasteiger partial charge in [0.15, 0.2) is 0 Å². The van der Waals surface area contributed by atoms with Gasteiger partial charge in [-0.1, -0.05) is 152 Å². The van der Waals surface area contributed by atoms with Crippen LogP contribution >= 0.6 is 0 Å². The smallest absolute Gasteiger partial charge is 0.137 e. The van der Waals surface area contributed by atoms with Crippen molar-refractivity contribution in [1.82, 2.24) is 0 Å². The van der Waals surface area contributed by atoms with E-state index in [1.54, 1.807) is 0 Å². The minimum absolute atomic E-state index is 0.819. The second kappa shape index (κ2) is 13.4. The van der Waals surface area contributed by atoms with Gasteiger partial charge in [-0.3, -0.25) is 0 Å². The Morgan fingerprint density at radius 3 is 1.26 bits per heavy atom. The van der Waals surface area contributed by atoms with Gasteiger partial charge in [-0.2, -0.15) is 0 Å². The molecule has 1 aliphatic rings. The average Bonchev–Trinajstić information content (AvgIpc) is 3.38. The zero-order valence-electron chi connectivity index (χ0n) is 29.6. The molecule has 10 rings (SSSR count). The summed E-state index contributed by atoms with van der Waals surface area (Å²) in [6.07, 6.45) is 0. The summed E-state index contributed by atoms with van der Waals surface area (Å²) in [5, 5.41) is 2.34. The highest BCUT2D eigenvalue weighted by Crippen LogP contribution is 2.51. The topological polar surface area (TPSA) is 12.5 Å². The first kappa shape index (κ1) is 31.6. The Balaban J connectivity index is 1.14. The standard InChI is InChI=1S/C52H35NO/c1-4-12-36(13-5-1)39-20-25-44(26-21-39)53(45-27-22-40(23-28-45)37-14-6-2-7-15-37)46-29-31-48-49-32-43(38-16-8-3-9-17-38)24-30-47(49)50-33-41-18-10-11-19-42(41)34-51(50)54-52(48)35-46/h1-35H. The van der Waals surface area contributed by atoms with Crippen LogP contribution < -0.4 is 9.64 Å². The number of anilines is 3. The predicted molar refractivity (Wildman–Crippen MR) is 226 cm³/mol. The minimum atomic E-state index is 0.819. The van der Waals surface area contributed by atoms with Gasteiger partial charge in [-0.15, -0.1) is 0 Å². The van der Waals surface area contributed by atoms with E-state index in [0.717, 1.165) is 56.2 Å². The molecule has 0 saturated carbocycles. The summed E-state index contributed by atoms with van der Waals surface area (Å²) < 4.78 is 7.03. The molecule has 0 fully saturated rings. The van der Waals surface area contributed by atoms with Crippen molar-refractivity contribution in [1.29, 1.82) is 0 Å². The Labute approximate surface area is 315 Å². The number of nitrogens with zero attached hydrogens (tertiary/aromatic N) is 1. The quantitative estimate of drug-likeness (QED) is 0.172. The van der Waals surface area contributed by atoms with Crippen molar-refractivity contribution in [3.05, 3.63) is 212 Å². The van der Waals surface area contributed by atoms with Crippen molar-refractivity contribution >= 4 is 27.8 Å². The molecule has 0 aromatic heterocycles. The van der Waals surface area contributed by atoms with E-state index in [2.05, 4.69) is 217 Å². The maximum Gasteiger partial charge on any atom is 0.137 e. The molecule has 1 heterocycles. The van der Waals surface area contributed by atoms with Crippen molar-refractivity contribution < 1.29 is 4.74 Å². The summed E-state index contributed by atoms with van der Waals surface area (Å²) in [5.41, 5.74) is 14.7. The molecule has 2 heteroatoms. The van der Waals surface area contributed by atoms with E-state index < -0.39 is 0 Å². The van der Waals surface area contributed by atoms with Crippen LogP contribution in [0.15, 0.2) is 212 Å². The fourth-order valence-electron chi connectivity index (χ4n) is 7.72. The lowest BCUT2D eigenvalue weighted by Crippen LogP contribution is -2.10. The molecule has 0 spiro atoms. The van der Waals surface area contributed by atoms with Crippen molar-refractivity contribution in [2.45, 2.75) is 0 Å². The van der Waals surface area contributed by atoms with Crippen LogP contribution in [0.5, 0.6) is 11.5 Å². The average molecular weight is 690 g/mol. The molecule has 9 aromatic rings. The normalized spacial score (nSPS) is 11.5. The zero-order chi connectivity index (χ0) is 35.8. The fraction of sp³-hybridized carbons (Fsp3) is 0. The van der Waals surface area contributed by atoms with Gasteiger partial charge < -0.3 is 9.64 Å². The van der Waals surface area contributed by atoms with Crippen LogP contribution in [0, 0.1) is 0 Å². The van der Waals surface area contributed by atoms with Crippen molar-refractivity contribution in [2.75, 3.05) is 4.90 Å². The Bertz CT molecular complexity index is 2670. The number of hydrogen-bond donors (Lipinski definition) is 0. The van der Waals surface area contributed by atoms with Crippen LogP contribution in [-0.4, -0.2) is 0 Å². The molecule has 0 atom stereocenters. The summed E-state index contributed by atoms with van der Waals surface area (Å²) in [6.45, 7) is 0. The Morgan fingerprint density at radius 2 is 0.685 bits per heavy atom. The van der Waals surface area contributed by atoms with Crippen LogP contribution in [0.2, 0.25) is 0 Å². The second-order valence-corrected chi connectivity index (χ2v) is 13.8. The van der Waals surface area contributed by atoms with Gasteiger partial charge >= 0.3 is 0 Å². The van der Waals surface area contributed by atoms with E-state index in [-0.39, 0.29) is 0 Å². The molecular formula is C52H35NO. The summed E-state index contributed by atoms with van der Waals surface area (Å²) in [4.78, 5) is 2.32. The van der Waals surface area contributed by atoms with E-state index in [4.69, 9.17) is 4.74 Å². The third-order valence-corrected chi connectivity index (χ3v) is 10.5. The highest BCUT2D eigenvalue weighted by Gasteiger charge is 2.24. The largest absolute Gasteiger partial charge is 0.456 e. The lowest BCUT2D eigenvalue weighted by molar-refractivity contribution is 0.488. The Kier molecular flexibility index (Phi) is 7.85. The molecule has 0 bridgehead atoms. The molecule has 0 radical (unpaired) electrons. The molecule has 0 N–H and O–H groups in total. The number of rotatable bonds is 6. The van der Waals surface area contributed by atoms with Gasteiger partial charge in [0.05, 0.1) is 0 Å². The van der Waals surface area contributed by atoms with E-state index >= 15 is 0 Å². The van der Waals surface area contributed by atoms with Crippen LogP contribution in [0.1, 0.15) is 0 Å². The molecule has 9 aromatic carbocycles. The van der Waals surface area contributed by atoms with Crippen molar-refractivity contribution in [3.63, 3.8) is 0 Å². The Morgan fingerprint density at radius 1 is 0.259 bits per heavy atom. The van der Waals surface area contributed by atoms with E-state index in [1.165, 1.54) is 38.8 Å². The van der Waals surface area contributed by atoms with Gasteiger partial charge in [0.1, 0.15) is 11.5 Å². The first-order chi connectivity index (χ1) is 26.7. The molecular weight excluding hydrogens is 655 g/mol. The van der Waals surface area contributed by atoms with Crippen LogP contribution in [-0.2, 0) is 0 Å². The highest BCUT2D eigenvalue weighted by atomic mass is 16.5. The van der Waals surface area contributed by atoms with Crippen molar-refractivity contribution in [2.24, 2.45) is 0 Å². The molecule has 0 amide bonds. The van der Waals surface area contributed by atoms with Gasteiger partial charge in [0.2, 0.25) is 0 Å². The lowest BCUT2D eigenvalue weighted by atomic mass is 9.90. The second-order valence-electron chi connectivity index (χ2n) is 13.8. The summed E-state index contributed by atoms with van der Waals surface area (Å²) in [6, 6.07) is 75.8. The van der Waals surface area contributed by atoms with Crippen LogP contribution in [0.3, 0.4) is 0 Å². The third-order valence-electron chi connectivity index (χ3n) is 10.5. The van der Waals surface area contributed by atoms with Crippen LogP contribution in [0.25, 0.3) is 66.4 Å². The summed E-state index contributed by atoms with van der Waals surface area (Å²) >= 11 is 0. The molecule has 1 aliphatic heterocycles.